The molecule has 1 spiro atoms. The molecule has 1 saturated heterocycles. The number of imidazole rings is 1. The molecule has 1 amide bonds. The summed E-state index contributed by atoms with van der Waals surface area (Å²) < 4.78 is 46.5. The standard InChI is InChI=1S/C32H25Cl2F3N4O3.CH4/c33-17-5-6-19-21(11-17)39-30(44)32(19)26(18-2-1-3-20(34)27(18)35)25-24(41(32)14-15-12-31(36,37)13-15)8-9-40-23-7-4-16(29(42)43)10-22(23)38-28(25)40;/h1-7,10-11,15,24-26H,8-9,12-14H2,(H,39,44)(H,42,43);1H4/t24-,25+,26-,32+;/m0./s1. The Morgan fingerprint density at radius 3 is 2.62 bits per heavy atom. The fourth-order valence-electron chi connectivity index (χ4n) is 8.34. The second kappa shape index (κ2) is 10.2. The Balaban J connectivity index is 0.00000325. The molecule has 1 aromatic heterocycles. The van der Waals surface area contributed by atoms with Crippen molar-refractivity contribution < 1.29 is 27.9 Å². The smallest absolute Gasteiger partial charge is 0.335 e. The van der Waals surface area contributed by atoms with Gasteiger partial charge in [0.05, 0.1) is 21.6 Å². The lowest BCUT2D eigenvalue weighted by Crippen LogP contribution is -2.55. The van der Waals surface area contributed by atoms with Crippen LogP contribution in [0.15, 0.2) is 54.6 Å². The van der Waals surface area contributed by atoms with Crippen LogP contribution in [0.4, 0.5) is 18.9 Å². The molecule has 4 aliphatic rings. The minimum atomic E-state index is -2.76. The van der Waals surface area contributed by atoms with E-state index in [0.29, 0.717) is 40.6 Å². The van der Waals surface area contributed by atoms with E-state index in [2.05, 4.69) is 5.32 Å². The number of carbonyl (C=O) groups excluding carboxylic acids is 1. The molecular formula is C33H29Cl2F3N4O3. The van der Waals surface area contributed by atoms with Gasteiger partial charge in [-0.2, -0.15) is 0 Å². The number of alkyl halides is 2. The van der Waals surface area contributed by atoms with Gasteiger partial charge >= 0.3 is 5.97 Å². The van der Waals surface area contributed by atoms with E-state index >= 15 is 4.39 Å². The average Bonchev–Trinajstić information content (AvgIpc) is 3.57. The van der Waals surface area contributed by atoms with Gasteiger partial charge in [-0.05, 0) is 54.3 Å². The normalized spacial score (nSPS) is 26.6. The van der Waals surface area contributed by atoms with Gasteiger partial charge in [0.1, 0.15) is 17.2 Å². The summed E-state index contributed by atoms with van der Waals surface area (Å²) in [5.74, 6) is -6.11. The Kier molecular flexibility index (Phi) is 6.82. The molecular weight excluding hydrogens is 628 g/mol. The summed E-state index contributed by atoms with van der Waals surface area (Å²) >= 11 is 12.7. The zero-order valence-electron chi connectivity index (χ0n) is 23.0. The number of halogens is 5. The lowest BCUT2D eigenvalue weighted by molar-refractivity contribution is -0.136. The van der Waals surface area contributed by atoms with Crippen LogP contribution in [-0.2, 0) is 16.9 Å². The number of carbonyl (C=O) groups is 2. The van der Waals surface area contributed by atoms with E-state index in [0.717, 1.165) is 5.52 Å². The zero-order chi connectivity index (χ0) is 30.7. The first-order valence-electron chi connectivity index (χ1n) is 14.4. The van der Waals surface area contributed by atoms with Gasteiger partial charge < -0.3 is 15.0 Å². The molecule has 4 aromatic rings. The Morgan fingerprint density at radius 1 is 1.11 bits per heavy atom. The van der Waals surface area contributed by atoms with Gasteiger partial charge in [-0.1, -0.05) is 48.8 Å². The van der Waals surface area contributed by atoms with Crippen molar-refractivity contribution in [1.82, 2.24) is 14.5 Å². The second-order valence-corrected chi connectivity index (χ2v) is 13.2. The van der Waals surface area contributed by atoms with Crippen LogP contribution in [0.2, 0.25) is 10.0 Å². The highest BCUT2D eigenvalue weighted by molar-refractivity contribution is 6.31. The van der Waals surface area contributed by atoms with Gasteiger partial charge in [0.15, 0.2) is 0 Å². The van der Waals surface area contributed by atoms with Crippen LogP contribution in [-0.4, -0.2) is 49.9 Å². The van der Waals surface area contributed by atoms with Crippen LogP contribution in [0, 0.1) is 11.7 Å². The SMILES string of the molecule is C.O=C(O)c1ccc2c(c1)nc1n2CC[C@H]2[C@@H]1[C@H](c1cccc(Cl)c1F)[C@]1(C(=O)Nc3cc(Cl)ccc31)N2CC1CC(F)(F)C1. The third-order valence-corrected chi connectivity index (χ3v) is 10.5. The molecule has 2 N–H and O–H groups in total. The number of anilines is 1. The summed E-state index contributed by atoms with van der Waals surface area (Å²) in [4.78, 5) is 33.2. The highest BCUT2D eigenvalue weighted by Crippen LogP contribution is 2.64. The molecule has 2 fully saturated rings. The second-order valence-electron chi connectivity index (χ2n) is 12.3. The van der Waals surface area contributed by atoms with Gasteiger partial charge in [0.2, 0.25) is 11.8 Å². The molecule has 234 valence electrons. The number of nitrogens with one attached hydrogen (secondary N) is 1. The summed E-state index contributed by atoms with van der Waals surface area (Å²) in [6.07, 6.45) is -0.0545. The quantitative estimate of drug-likeness (QED) is 0.235. The lowest BCUT2D eigenvalue weighted by Gasteiger charge is -2.45. The van der Waals surface area contributed by atoms with Crippen molar-refractivity contribution in [3.8, 4) is 0 Å². The molecule has 4 atom stereocenters. The zero-order valence-corrected chi connectivity index (χ0v) is 24.5. The van der Waals surface area contributed by atoms with Crippen LogP contribution < -0.4 is 5.32 Å². The third-order valence-electron chi connectivity index (χ3n) is 9.98. The van der Waals surface area contributed by atoms with Gasteiger partial charge in [0.25, 0.3) is 0 Å². The summed E-state index contributed by atoms with van der Waals surface area (Å²) in [7, 11) is 0. The molecule has 12 heteroatoms. The number of hydrogen-bond acceptors (Lipinski definition) is 4. The van der Waals surface area contributed by atoms with Gasteiger partial charge in [-0.3, -0.25) is 9.69 Å². The number of fused-ring (bicyclic) bond motifs is 7. The van der Waals surface area contributed by atoms with Crippen LogP contribution in [0.1, 0.15) is 65.8 Å². The van der Waals surface area contributed by atoms with E-state index in [1.165, 1.54) is 18.2 Å². The number of aromatic nitrogens is 2. The molecule has 0 unspecified atom stereocenters. The number of amides is 1. The van der Waals surface area contributed by atoms with Crippen molar-refractivity contribution in [2.24, 2.45) is 5.92 Å². The fraction of sp³-hybridized carbons (Fsp3) is 0.364. The predicted molar refractivity (Wildman–Crippen MR) is 165 cm³/mol. The average molecular weight is 658 g/mol. The van der Waals surface area contributed by atoms with Crippen LogP contribution in [0.3, 0.4) is 0 Å². The number of nitrogens with zero attached hydrogens (tertiary/aromatic N) is 3. The van der Waals surface area contributed by atoms with E-state index in [9.17, 15) is 23.5 Å². The molecule has 45 heavy (non-hydrogen) atoms. The molecule has 1 saturated carbocycles. The highest BCUT2D eigenvalue weighted by atomic mass is 35.5. The van der Waals surface area contributed by atoms with Crippen molar-refractivity contribution in [2.45, 2.75) is 62.6 Å². The first-order chi connectivity index (χ1) is 21.0. The van der Waals surface area contributed by atoms with Crippen LogP contribution in [0.5, 0.6) is 0 Å². The molecule has 0 bridgehead atoms. The summed E-state index contributed by atoms with van der Waals surface area (Å²) in [6.45, 7) is 0.695. The summed E-state index contributed by atoms with van der Waals surface area (Å²) in [5, 5.41) is 12.9. The maximum atomic E-state index is 16.2. The largest absolute Gasteiger partial charge is 0.478 e. The molecule has 3 aliphatic heterocycles. The number of aromatic carboxylic acids is 1. The van der Waals surface area contributed by atoms with E-state index in [-0.39, 0.29) is 54.9 Å². The summed E-state index contributed by atoms with van der Waals surface area (Å²) in [5.41, 5.74) is 1.09. The van der Waals surface area contributed by atoms with E-state index < -0.39 is 41.0 Å². The minimum absolute atomic E-state index is 0. The Labute approximate surface area is 266 Å². The van der Waals surface area contributed by atoms with E-state index in [1.54, 1.807) is 36.4 Å². The predicted octanol–water partition coefficient (Wildman–Crippen LogP) is 7.66. The van der Waals surface area contributed by atoms with Gasteiger partial charge in [0, 0.05) is 60.1 Å². The molecule has 8 rings (SSSR count). The van der Waals surface area contributed by atoms with Crippen molar-refractivity contribution >= 4 is 51.8 Å². The number of aryl methyl sites for hydroxylation is 1. The van der Waals surface area contributed by atoms with Crippen molar-refractivity contribution in [3.05, 3.63) is 93.0 Å². The van der Waals surface area contributed by atoms with Crippen molar-refractivity contribution in [1.29, 1.82) is 0 Å². The third kappa shape index (κ3) is 4.18. The molecule has 7 nitrogen and oxygen atoms in total. The number of hydrogen-bond donors (Lipinski definition) is 2. The Bertz CT molecular complexity index is 1910. The molecule has 0 radical (unpaired) electrons. The summed E-state index contributed by atoms with van der Waals surface area (Å²) in [6, 6.07) is 14.1. The van der Waals surface area contributed by atoms with E-state index in [1.807, 2.05) is 9.47 Å². The lowest BCUT2D eigenvalue weighted by atomic mass is 9.70. The molecule has 1 aliphatic carbocycles. The monoisotopic (exact) mass is 656 g/mol. The molecule has 4 heterocycles. The molecule has 3 aromatic carbocycles. The number of carboxylic acids is 1. The van der Waals surface area contributed by atoms with Gasteiger partial charge in [-0.25, -0.2) is 22.9 Å². The van der Waals surface area contributed by atoms with Crippen molar-refractivity contribution in [2.75, 3.05) is 11.9 Å². The first-order valence-corrected chi connectivity index (χ1v) is 15.2. The fourth-order valence-corrected chi connectivity index (χ4v) is 8.70. The number of carboxylic acid groups (broad SMARTS) is 1. The van der Waals surface area contributed by atoms with E-state index in [4.69, 9.17) is 28.2 Å². The Hall–Kier alpha value is -3.60. The number of benzene rings is 3. The highest BCUT2D eigenvalue weighted by Gasteiger charge is 2.69. The minimum Gasteiger partial charge on any atom is -0.478 e. The van der Waals surface area contributed by atoms with Crippen LogP contribution in [0.25, 0.3) is 11.0 Å². The number of rotatable bonds is 4. The maximum Gasteiger partial charge on any atom is 0.335 e. The van der Waals surface area contributed by atoms with Crippen LogP contribution >= 0.6 is 23.2 Å². The first kappa shape index (κ1) is 30.1. The van der Waals surface area contributed by atoms with Gasteiger partial charge in [-0.15, -0.1) is 0 Å². The Morgan fingerprint density at radius 2 is 1.89 bits per heavy atom. The topological polar surface area (TPSA) is 87.5 Å². The maximum absolute atomic E-state index is 16.2. The van der Waals surface area contributed by atoms with Crippen molar-refractivity contribution in [3.63, 3.8) is 0 Å². The number of likely N-dealkylation sites (tertiary alicyclic amines) is 1.